The van der Waals surface area contributed by atoms with E-state index in [4.69, 9.17) is 0 Å². The lowest BCUT2D eigenvalue weighted by Gasteiger charge is -2.29. The average Bonchev–Trinajstić information content (AvgIpc) is 2.32. The molecule has 1 saturated heterocycles. The van der Waals surface area contributed by atoms with Crippen LogP contribution >= 0.6 is 0 Å². The number of halogens is 2. The lowest BCUT2D eigenvalue weighted by molar-refractivity contribution is -0.123. The summed E-state index contributed by atoms with van der Waals surface area (Å²) in [6.45, 7) is 3.93. The van der Waals surface area contributed by atoms with Gasteiger partial charge in [-0.15, -0.1) is 0 Å². The van der Waals surface area contributed by atoms with Crippen LogP contribution in [0.25, 0.3) is 0 Å². The first-order chi connectivity index (χ1) is 8.89. The second-order valence-electron chi connectivity index (χ2n) is 5.07. The molecule has 0 aliphatic carbocycles. The van der Waals surface area contributed by atoms with E-state index in [0.717, 1.165) is 11.1 Å². The number of para-hydroxylation sites is 1. The molecule has 1 aromatic carbocycles. The lowest BCUT2D eigenvalue weighted by Crippen LogP contribution is -2.50. The van der Waals surface area contributed by atoms with Gasteiger partial charge < -0.3 is 10.6 Å². The predicted octanol–water partition coefficient (Wildman–Crippen LogP) is 2.63. The first kappa shape index (κ1) is 13.9. The molecule has 3 nitrogen and oxygen atoms in total. The number of carbonyl (C=O) groups excluding carboxylic acids is 1. The summed E-state index contributed by atoms with van der Waals surface area (Å²) in [5.41, 5.74) is 2.56. The fraction of sp³-hybridized carbons (Fsp3) is 0.500. The molecule has 1 aromatic rings. The van der Waals surface area contributed by atoms with Gasteiger partial charge in [-0.2, -0.15) is 0 Å². The van der Waals surface area contributed by atoms with Crippen molar-refractivity contribution in [3.63, 3.8) is 0 Å². The molecule has 0 radical (unpaired) electrons. The van der Waals surface area contributed by atoms with E-state index in [2.05, 4.69) is 10.6 Å². The van der Waals surface area contributed by atoms with Crippen LogP contribution in [0.2, 0.25) is 0 Å². The fourth-order valence-electron chi connectivity index (χ4n) is 2.31. The van der Waals surface area contributed by atoms with Gasteiger partial charge in [-0.05, 0) is 25.0 Å². The van der Waals surface area contributed by atoms with Crippen LogP contribution < -0.4 is 10.6 Å². The maximum Gasteiger partial charge on any atom is 0.251 e. The number of piperidine rings is 1. The second kappa shape index (κ2) is 5.25. The quantitative estimate of drug-likeness (QED) is 0.865. The van der Waals surface area contributed by atoms with Gasteiger partial charge >= 0.3 is 0 Å². The molecule has 1 amide bonds. The smallest absolute Gasteiger partial charge is 0.251 e. The van der Waals surface area contributed by atoms with E-state index in [1.165, 1.54) is 0 Å². The lowest BCUT2D eigenvalue weighted by atomic mass is 10.00. The van der Waals surface area contributed by atoms with Gasteiger partial charge in [0.05, 0.1) is 6.04 Å². The van der Waals surface area contributed by atoms with Crippen molar-refractivity contribution in [1.82, 2.24) is 5.32 Å². The molecule has 5 heteroatoms. The van der Waals surface area contributed by atoms with Crippen LogP contribution in [0, 0.1) is 13.8 Å². The number of hydrogen-bond donors (Lipinski definition) is 2. The Kier molecular flexibility index (Phi) is 3.85. The maximum atomic E-state index is 13.3. The molecular formula is C14H18F2N2O. The Labute approximate surface area is 111 Å². The molecule has 1 unspecified atom stereocenters. The highest BCUT2D eigenvalue weighted by Gasteiger charge is 2.39. The fourth-order valence-corrected chi connectivity index (χ4v) is 2.31. The predicted molar refractivity (Wildman–Crippen MR) is 70.5 cm³/mol. The third-order valence-electron chi connectivity index (χ3n) is 3.43. The van der Waals surface area contributed by atoms with Crippen molar-refractivity contribution in [1.29, 1.82) is 0 Å². The Bertz CT molecular complexity index is 468. The second-order valence-corrected chi connectivity index (χ2v) is 5.07. The van der Waals surface area contributed by atoms with Gasteiger partial charge in [0.25, 0.3) is 5.92 Å². The van der Waals surface area contributed by atoms with Gasteiger partial charge in [0.15, 0.2) is 0 Å². The number of carbonyl (C=O) groups is 1. The summed E-state index contributed by atoms with van der Waals surface area (Å²) < 4.78 is 26.6. The zero-order valence-electron chi connectivity index (χ0n) is 11.1. The summed E-state index contributed by atoms with van der Waals surface area (Å²) in [6.07, 6.45) is -0.649. The highest BCUT2D eigenvalue weighted by molar-refractivity contribution is 5.96. The molecule has 2 N–H and O–H groups in total. The Balaban J connectivity index is 2.09. The van der Waals surface area contributed by atoms with E-state index in [1.807, 2.05) is 32.0 Å². The van der Waals surface area contributed by atoms with Gasteiger partial charge in [-0.3, -0.25) is 4.79 Å². The van der Waals surface area contributed by atoms with Crippen molar-refractivity contribution in [3.8, 4) is 0 Å². The monoisotopic (exact) mass is 268 g/mol. The van der Waals surface area contributed by atoms with Crippen LogP contribution in [0.4, 0.5) is 14.5 Å². The van der Waals surface area contributed by atoms with E-state index in [1.54, 1.807) is 0 Å². The Morgan fingerprint density at radius 1 is 1.37 bits per heavy atom. The maximum absolute atomic E-state index is 13.3. The highest BCUT2D eigenvalue weighted by atomic mass is 19.3. The first-order valence-corrected chi connectivity index (χ1v) is 6.37. The molecule has 1 atom stereocenters. The number of anilines is 1. The molecule has 1 heterocycles. The molecule has 104 valence electrons. The molecule has 0 spiro atoms. The SMILES string of the molecule is Cc1cccc(C)c1NC(=O)C1CC(F)(F)CCN1. The average molecular weight is 268 g/mol. The van der Waals surface area contributed by atoms with Crippen LogP contribution in [0.1, 0.15) is 24.0 Å². The summed E-state index contributed by atoms with van der Waals surface area (Å²) >= 11 is 0. The molecule has 19 heavy (non-hydrogen) atoms. The molecule has 0 aromatic heterocycles. The van der Waals surface area contributed by atoms with Crippen molar-refractivity contribution < 1.29 is 13.6 Å². The minimum atomic E-state index is -2.76. The summed E-state index contributed by atoms with van der Waals surface area (Å²) in [5, 5.41) is 5.59. The number of alkyl halides is 2. The minimum Gasteiger partial charge on any atom is -0.324 e. The molecule has 0 saturated carbocycles. The number of rotatable bonds is 2. The van der Waals surface area contributed by atoms with Crippen LogP contribution in [-0.4, -0.2) is 24.4 Å². The zero-order chi connectivity index (χ0) is 14.0. The minimum absolute atomic E-state index is 0.165. The summed E-state index contributed by atoms with van der Waals surface area (Å²) in [5.74, 6) is -3.15. The van der Waals surface area contributed by atoms with E-state index < -0.39 is 24.3 Å². The number of benzene rings is 1. The van der Waals surface area contributed by atoms with Crippen molar-refractivity contribution >= 4 is 11.6 Å². The number of amides is 1. The van der Waals surface area contributed by atoms with Gasteiger partial charge in [0, 0.05) is 25.1 Å². The largest absolute Gasteiger partial charge is 0.324 e. The number of aryl methyl sites for hydroxylation is 2. The van der Waals surface area contributed by atoms with Crippen LogP contribution in [-0.2, 0) is 4.79 Å². The van der Waals surface area contributed by atoms with Crippen LogP contribution in [0.15, 0.2) is 18.2 Å². The zero-order valence-corrected chi connectivity index (χ0v) is 11.1. The van der Waals surface area contributed by atoms with E-state index in [9.17, 15) is 13.6 Å². The number of hydrogen-bond acceptors (Lipinski definition) is 2. The third-order valence-corrected chi connectivity index (χ3v) is 3.43. The normalized spacial score (nSPS) is 22.0. The van der Waals surface area contributed by atoms with Gasteiger partial charge in [0.2, 0.25) is 5.91 Å². The molecule has 1 fully saturated rings. The van der Waals surface area contributed by atoms with Crippen LogP contribution in [0.5, 0.6) is 0 Å². The molecule has 1 aliphatic heterocycles. The van der Waals surface area contributed by atoms with Crippen molar-refractivity contribution in [2.45, 2.75) is 38.7 Å². The van der Waals surface area contributed by atoms with Crippen LogP contribution in [0.3, 0.4) is 0 Å². The molecule has 0 bridgehead atoms. The number of nitrogens with one attached hydrogen (secondary N) is 2. The molecular weight excluding hydrogens is 250 g/mol. The third kappa shape index (κ3) is 3.29. The van der Waals surface area contributed by atoms with E-state index in [0.29, 0.717) is 5.69 Å². The van der Waals surface area contributed by atoms with Gasteiger partial charge in [0.1, 0.15) is 0 Å². The Morgan fingerprint density at radius 3 is 2.58 bits per heavy atom. The van der Waals surface area contributed by atoms with E-state index >= 15 is 0 Å². The van der Waals surface area contributed by atoms with Crippen molar-refractivity contribution in [2.24, 2.45) is 0 Å². The highest BCUT2D eigenvalue weighted by Crippen LogP contribution is 2.28. The van der Waals surface area contributed by atoms with Gasteiger partial charge in [-0.1, -0.05) is 18.2 Å². The molecule has 1 aliphatic rings. The Morgan fingerprint density at radius 2 is 2.00 bits per heavy atom. The van der Waals surface area contributed by atoms with Gasteiger partial charge in [-0.25, -0.2) is 8.78 Å². The summed E-state index contributed by atoms with van der Waals surface area (Å²) in [7, 11) is 0. The van der Waals surface area contributed by atoms with Crippen molar-refractivity contribution in [2.75, 3.05) is 11.9 Å². The molecule has 2 rings (SSSR count). The van der Waals surface area contributed by atoms with Crippen molar-refractivity contribution in [3.05, 3.63) is 29.3 Å². The summed E-state index contributed by atoms with van der Waals surface area (Å²) in [6, 6.07) is 4.83. The standard InChI is InChI=1S/C14H18F2N2O/c1-9-4-3-5-10(2)12(9)18-13(19)11-8-14(15,16)6-7-17-11/h3-5,11,17H,6-8H2,1-2H3,(H,18,19). The first-order valence-electron chi connectivity index (χ1n) is 6.37. The van der Waals surface area contributed by atoms with E-state index in [-0.39, 0.29) is 13.0 Å². The Hall–Kier alpha value is -1.49. The topological polar surface area (TPSA) is 41.1 Å². The summed E-state index contributed by atoms with van der Waals surface area (Å²) in [4.78, 5) is 12.1.